The average molecular weight is 266 g/mol. The molecule has 0 aliphatic heterocycles. The Balaban J connectivity index is 2.19. The van der Waals surface area contributed by atoms with Gasteiger partial charge in [0.25, 0.3) is 0 Å². The van der Waals surface area contributed by atoms with Crippen LogP contribution >= 0.6 is 0 Å². The second kappa shape index (κ2) is 8.77. The summed E-state index contributed by atoms with van der Waals surface area (Å²) < 4.78 is 11.0. The summed E-state index contributed by atoms with van der Waals surface area (Å²) in [4.78, 5) is 2.19. The average Bonchev–Trinajstić information content (AvgIpc) is 2.38. The van der Waals surface area contributed by atoms with Crippen LogP contribution in [0, 0.1) is 6.92 Å². The summed E-state index contributed by atoms with van der Waals surface area (Å²) in [5.41, 5.74) is 1.17. The Hall–Kier alpha value is -1.26. The van der Waals surface area contributed by atoms with Gasteiger partial charge in [-0.15, -0.1) is 0 Å². The van der Waals surface area contributed by atoms with E-state index in [1.165, 1.54) is 5.56 Å². The molecule has 1 rings (SSSR count). The van der Waals surface area contributed by atoms with E-state index in [9.17, 15) is 0 Å². The van der Waals surface area contributed by atoms with E-state index in [4.69, 9.17) is 9.47 Å². The number of hydrogen-bond donors (Lipinski definition) is 1. The second-order valence-electron chi connectivity index (χ2n) is 4.91. The fourth-order valence-electron chi connectivity index (χ4n) is 1.77. The first kappa shape index (κ1) is 15.8. The first-order chi connectivity index (χ1) is 9.13. The summed E-state index contributed by atoms with van der Waals surface area (Å²) in [6.07, 6.45) is 1.15. The van der Waals surface area contributed by atoms with Gasteiger partial charge in [0.05, 0.1) is 7.11 Å². The molecule has 108 valence electrons. The Labute approximate surface area is 116 Å². The molecule has 0 radical (unpaired) electrons. The summed E-state index contributed by atoms with van der Waals surface area (Å²) in [7, 11) is 5.85. The van der Waals surface area contributed by atoms with Crippen LogP contribution < -0.4 is 14.8 Å². The smallest absolute Gasteiger partial charge is 0.161 e. The lowest BCUT2D eigenvalue weighted by molar-refractivity contribution is 0.290. The lowest BCUT2D eigenvalue weighted by Crippen LogP contribution is -2.25. The van der Waals surface area contributed by atoms with E-state index in [2.05, 4.69) is 24.3 Å². The standard InChI is InChI=1S/C15H26N2O2/c1-13-6-7-14(15(12-13)18-4)19-11-9-16-8-5-10-17(2)3/h6-7,12,16H,5,8-11H2,1-4H3. The third kappa shape index (κ3) is 6.45. The largest absolute Gasteiger partial charge is 0.493 e. The van der Waals surface area contributed by atoms with Crippen molar-refractivity contribution < 1.29 is 9.47 Å². The minimum atomic E-state index is 0.654. The first-order valence-corrected chi connectivity index (χ1v) is 6.76. The number of rotatable bonds is 9. The zero-order valence-corrected chi connectivity index (χ0v) is 12.5. The fraction of sp³-hybridized carbons (Fsp3) is 0.600. The number of benzene rings is 1. The van der Waals surface area contributed by atoms with Gasteiger partial charge in [0.15, 0.2) is 11.5 Å². The second-order valence-corrected chi connectivity index (χ2v) is 4.91. The number of methoxy groups -OCH3 is 1. The molecule has 19 heavy (non-hydrogen) atoms. The van der Waals surface area contributed by atoms with Crippen molar-refractivity contribution in [3.63, 3.8) is 0 Å². The molecule has 1 N–H and O–H groups in total. The highest BCUT2D eigenvalue weighted by molar-refractivity contribution is 5.42. The van der Waals surface area contributed by atoms with E-state index in [1.54, 1.807) is 7.11 Å². The van der Waals surface area contributed by atoms with Crippen molar-refractivity contribution in [2.45, 2.75) is 13.3 Å². The maximum Gasteiger partial charge on any atom is 0.161 e. The van der Waals surface area contributed by atoms with Gasteiger partial charge >= 0.3 is 0 Å². The highest BCUT2D eigenvalue weighted by atomic mass is 16.5. The van der Waals surface area contributed by atoms with Crippen LogP contribution in [0.2, 0.25) is 0 Å². The lowest BCUT2D eigenvalue weighted by Gasteiger charge is -2.12. The van der Waals surface area contributed by atoms with Crippen LogP contribution in [0.4, 0.5) is 0 Å². The fourth-order valence-corrected chi connectivity index (χ4v) is 1.77. The highest BCUT2D eigenvalue weighted by Gasteiger charge is 2.03. The molecule has 1 aromatic rings. The lowest BCUT2D eigenvalue weighted by atomic mass is 10.2. The Kier molecular flexibility index (Phi) is 7.30. The predicted molar refractivity (Wildman–Crippen MR) is 79.3 cm³/mol. The minimum absolute atomic E-state index is 0.654. The molecule has 0 aromatic heterocycles. The summed E-state index contributed by atoms with van der Waals surface area (Å²) in [5, 5.41) is 3.37. The zero-order valence-electron chi connectivity index (χ0n) is 12.5. The quantitative estimate of drug-likeness (QED) is 0.692. The third-order valence-corrected chi connectivity index (χ3v) is 2.81. The molecular formula is C15H26N2O2. The van der Waals surface area contributed by atoms with Gasteiger partial charge in [-0.1, -0.05) is 6.07 Å². The Bertz CT molecular complexity index is 367. The molecule has 0 aliphatic carbocycles. The van der Waals surface area contributed by atoms with Crippen molar-refractivity contribution in [3.8, 4) is 11.5 Å². The van der Waals surface area contributed by atoms with Crippen molar-refractivity contribution in [1.82, 2.24) is 10.2 Å². The van der Waals surface area contributed by atoms with Gasteiger partial charge in [-0.25, -0.2) is 0 Å². The van der Waals surface area contributed by atoms with Crippen LogP contribution in [0.3, 0.4) is 0 Å². The minimum Gasteiger partial charge on any atom is -0.493 e. The molecule has 0 spiro atoms. The topological polar surface area (TPSA) is 33.7 Å². The molecule has 0 saturated carbocycles. The van der Waals surface area contributed by atoms with E-state index < -0.39 is 0 Å². The van der Waals surface area contributed by atoms with Crippen molar-refractivity contribution in [2.24, 2.45) is 0 Å². The van der Waals surface area contributed by atoms with Crippen LogP contribution in [0.25, 0.3) is 0 Å². The molecule has 0 aliphatic rings. The highest BCUT2D eigenvalue weighted by Crippen LogP contribution is 2.27. The molecule has 4 nitrogen and oxygen atoms in total. The third-order valence-electron chi connectivity index (χ3n) is 2.81. The molecule has 0 amide bonds. The number of nitrogens with one attached hydrogen (secondary N) is 1. The van der Waals surface area contributed by atoms with E-state index in [0.717, 1.165) is 37.6 Å². The molecule has 0 fully saturated rings. The maximum atomic E-state index is 5.71. The van der Waals surface area contributed by atoms with Gasteiger partial charge in [0.2, 0.25) is 0 Å². The van der Waals surface area contributed by atoms with Gasteiger partial charge < -0.3 is 19.7 Å². The molecule has 0 unspecified atom stereocenters. The molecule has 1 aromatic carbocycles. The normalized spacial score (nSPS) is 10.8. The maximum absolute atomic E-state index is 5.71. The number of aryl methyl sites for hydroxylation is 1. The summed E-state index contributed by atoms with van der Waals surface area (Å²) in [6, 6.07) is 5.97. The van der Waals surface area contributed by atoms with Gasteiger partial charge in [-0.2, -0.15) is 0 Å². The molecule has 0 atom stereocenters. The van der Waals surface area contributed by atoms with Crippen LogP contribution in [0.1, 0.15) is 12.0 Å². The van der Waals surface area contributed by atoms with E-state index in [1.807, 2.05) is 25.1 Å². The SMILES string of the molecule is COc1cc(C)ccc1OCCNCCCN(C)C. The van der Waals surface area contributed by atoms with Gasteiger partial charge in [-0.05, 0) is 58.2 Å². The van der Waals surface area contributed by atoms with Crippen molar-refractivity contribution in [2.75, 3.05) is 47.4 Å². The summed E-state index contributed by atoms with van der Waals surface area (Å²) in [5.74, 6) is 1.61. The van der Waals surface area contributed by atoms with Crippen LogP contribution in [0.15, 0.2) is 18.2 Å². The van der Waals surface area contributed by atoms with E-state index in [0.29, 0.717) is 6.61 Å². The first-order valence-electron chi connectivity index (χ1n) is 6.76. The van der Waals surface area contributed by atoms with Crippen molar-refractivity contribution in [3.05, 3.63) is 23.8 Å². The van der Waals surface area contributed by atoms with E-state index in [-0.39, 0.29) is 0 Å². The number of ether oxygens (including phenoxy) is 2. The number of nitrogens with zero attached hydrogens (tertiary/aromatic N) is 1. The molecule has 0 saturated heterocycles. The van der Waals surface area contributed by atoms with Crippen LogP contribution in [-0.4, -0.2) is 52.3 Å². The molecular weight excluding hydrogens is 240 g/mol. The summed E-state index contributed by atoms with van der Waals surface area (Å²) in [6.45, 7) is 5.68. The monoisotopic (exact) mass is 266 g/mol. The molecule has 0 bridgehead atoms. The zero-order chi connectivity index (χ0) is 14.1. The van der Waals surface area contributed by atoms with Crippen molar-refractivity contribution in [1.29, 1.82) is 0 Å². The predicted octanol–water partition coefficient (Wildman–Crippen LogP) is 1.92. The van der Waals surface area contributed by atoms with Crippen LogP contribution in [-0.2, 0) is 0 Å². The number of hydrogen-bond acceptors (Lipinski definition) is 4. The Morgan fingerprint density at radius 2 is 1.95 bits per heavy atom. The van der Waals surface area contributed by atoms with Crippen molar-refractivity contribution >= 4 is 0 Å². The van der Waals surface area contributed by atoms with Gasteiger partial charge in [-0.3, -0.25) is 0 Å². The van der Waals surface area contributed by atoms with Gasteiger partial charge in [0.1, 0.15) is 6.61 Å². The Morgan fingerprint density at radius 3 is 2.63 bits per heavy atom. The Morgan fingerprint density at radius 1 is 1.16 bits per heavy atom. The molecule has 0 heterocycles. The summed E-state index contributed by atoms with van der Waals surface area (Å²) >= 11 is 0. The molecule has 4 heteroatoms. The van der Waals surface area contributed by atoms with Gasteiger partial charge in [0, 0.05) is 6.54 Å². The van der Waals surface area contributed by atoms with Crippen LogP contribution in [0.5, 0.6) is 11.5 Å². The van der Waals surface area contributed by atoms with E-state index >= 15 is 0 Å².